The minimum Gasteiger partial charge on any atom is -0.359 e. The second kappa shape index (κ2) is 9.27. The highest BCUT2D eigenvalue weighted by Crippen LogP contribution is 2.36. The molecular weight excluding hydrogens is 441 g/mol. The highest BCUT2D eigenvalue weighted by molar-refractivity contribution is 7.13. The summed E-state index contributed by atoms with van der Waals surface area (Å²) in [4.78, 5) is 17.1. The van der Waals surface area contributed by atoms with Crippen molar-refractivity contribution in [2.45, 2.75) is 52.6 Å². The van der Waals surface area contributed by atoms with Crippen molar-refractivity contribution in [2.24, 2.45) is 0 Å². The molecule has 4 rings (SSSR count). The summed E-state index contributed by atoms with van der Waals surface area (Å²) in [6.45, 7) is 8.47. The summed E-state index contributed by atoms with van der Waals surface area (Å²) < 4.78 is 20.6. The molecular formula is C24H26FN5O2S. The van der Waals surface area contributed by atoms with Crippen molar-refractivity contribution >= 4 is 17.2 Å². The zero-order chi connectivity index (χ0) is 23.6. The van der Waals surface area contributed by atoms with Crippen molar-refractivity contribution in [3.05, 3.63) is 64.9 Å². The topological polar surface area (TPSA) is 85.8 Å². The zero-order valence-corrected chi connectivity index (χ0v) is 19.9. The van der Waals surface area contributed by atoms with Crippen molar-refractivity contribution in [1.29, 1.82) is 0 Å². The molecule has 0 saturated carbocycles. The smallest absolute Gasteiger partial charge is 0.226 e. The molecule has 0 aliphatic heterocycles. The van der Waals surface area contributed by atoms with Gasteiger partial charge in [0.15, 0.2) is 5.76 Å². The first-order chi connectivity index (χ1) is 15.7. The average molecular weight is 468 g/mol. The second-order valence-corrected chi connectivity index (χ2v) is 9.59. The van der Waals surface area contributed by atoms with E-state index in [1.165, 1.54) is 23.5 Å². The molecule has 4 aromatic rings. The standard InChI is InChI=1S/C24H26FN5O2S/c1-5-17-10-19(32-29-17)12-26-21(31)11-18-14-33-23(28-18)20-13-27-30(24(2,3)4)22(20)15-6-8-16(25)9-7-15/h6-10,13-14H,5,11-12H2,1-4H3,(H,26,31). The Morgan fingerprint density at radius 3 is 2.64 bits per heavy atom. The number of aryl methyl sites for hydroxylation is 1. The molecule has 1 aromatic carbocycles. The molecule has 9 heteroatoms. The molecule has 0 unspecified atom stereocenters. The van der Waals surface area contributed by atoms with Crippen LogP contribution in [0.1, 0.15) is 44.8 Å². The van der Waals surface area contributed by atoms with Crippen LogP contribution >= 0.6 is 11.3 Å². The Kier molecular flexibility index (Phi) is 6.42. The van der Waals surface area contributed by atoms with E-state index >= 15 is 0 Å². The molecule has 1 N–H and O–H groups in total. The van der Waals surface area contributed by atoms with Gasteiger partial charge in [0.25, 0.3) is 0 Å². The molecule has 7 nitrogen and oxygen atoms in total. The molecule has 0 saturated heterocycles. The maximum absolute atomic E-state index is 13.5. The van der Waals surface area contributed by atoms with E-state index in [1.54, 1.807) is 18.3 Å². The summed E-state index contributed by atoms with van der Waals surface area (Å²) in [5.74, 6) is 0.184. The van der Waals surface area contributed by atoms with Crippen molar-refractivity contribution in [2.75, 3.05) is 0 Å². The van der Waals surface area contributed by atoms with Gasteiger partial charge >= 0.3 is 0 Å². The fourth-order valence-electron chi connectivity index (χ4n) is 3.43. The first kappa shape index (κ1) is 22.8. The van der Waals surface area contributed by atoms with Crippen LogP contribution in [0.2, 0.25) is 0 Å². The third-order valence-electron chi connectivity index (χ3n) is 5.08. The number of carbonyl (C=O) groups is 1. The van der Waals surface area contributed by atoms with Gasteiger partial charge in [0.1, 0.15) is 10.8 Å². The second-order valence-electron chi connectivity index (χ2n) is 8.73. The van der Waals surface area contributed by atoms with E-state index in [4.69, 9.17) is 4.52 Å². The van der Waals surface area contributed by atoms with Crippen LogP contribution in [0.3, 0.4) is 0 Å². The molecule has 0 bridgehead atoms. The van der Waals surface area contributed by atoms with Crippen molar-refractivity contribution < 1.29 is 13.7 Å². The van der Waals surface area contributed by atoms with Crippen LogP contribution in [0, 0.1) is 5.82 Å². The number of rotatable bonds is 7. The third-order valence-corrected chi connectivity index (χ3v) is 6.00. The van der Waals surface area contributed by atoms with Crippen molar-refractivity contribution in [3.63, 3.8) is 0 Å². The van der Waals surface area contributed by atoms with Gasteiger partial charge in [-0.25, -0.2) is 9.37 Å². The summed E-state index contributed by atoms with van der Waals surface area (Å²) in [6.07, 6.45) is 2.72. The van der Waals surface area contributed by atoms with E-state index in [2.05, 4.69) is 41.3 Å². The lowest BCUT2D eigenvalue weighted by Gasteiger charge is -2.23. The number of carbonyl (C=O) groups excluding carboxylic acids is 1. The van der Waals surface area contributed by atoms with Gasteiger partial charge in [0.05, 0.1) is 47.3 Å². The lowest BCUT2D eigenvalue weighted by atomic mass is 10.0. The first-order valence-corrected chi connectivity index (χ1v) is 11.6. The van der Waals surface area contributed by atoms with Gasteiger partial charge in [-0.05, 0) is 51.5 Å². The predicted octanol–water partition coefficient (Wildman–Crippen LogP) is 4.98. The van der Waals surface area contributed by atoms with Crippen LogP contribution < -0.4 is 5.32 Å². The molecule has 0 aliphatic carbocycles. The summed E-state index contributed by atoms with van der Waals surface area (Å²) in [7, 11) is 0. The Labute approximate surface area is 195 Å². The molecule has 0 atom stereocenters. The highest BCUT2D eigenvalue weighted by Gasteiger charge is 2.24. The molecule has 3 heterocycles. The number of halogens is 1. The maximum Gasteiger partial charge on any atom is 0.226 e. The highest BCUT2D eigenvalue weighted by atomic mass is 32.1. The van der Waals surface area contributed by atoms with E-state index in [0.717, 1.165) is 33.9 Å². The third kappa shape index (κ3) is 5.19. The number of nitrogens with one attached hydrogen (secondary N) is 1. The quantitative estimate of drug-likeness (QED) is 0.414. The number of amides is 1. The number of hydrogen-bond donors (Lipinski definition) is 1. The van der Waals surface area contributed by atoms with E-state index in [1.807, 2.05) is 23.1 Å². The first-order valence-electron chi connectivity index (χ1n) is 10.7. The van der Waals surface area contributed by atoms with E-state index in [0.29, 0.717) is 11.5 Å². The van der Waals surface area contributed by atoms with Gasteiger partial charge < -0.3 is 9.84 Å². The van der Waals surface area contributed by atoms with Gasteiger partial charge in [-0.2, -0.15) is 5.10 Å². The molecule has 0 aliphatic rings. The number of nitrogens with zero attached hydrogens (tertiary/aromatic N) is 4. The largest absolute Gasteiger partial charge is 0.359 e. The van der Waals surface area contributed by atoms with Crippen molar-refractivity contribution in [1.82, 2.24) is 25.2 Å². The Morgan fingerprint density at radius 2 is 1.97 bits per heavy atom. The lowest BCUT2D eigenvalue weighted by molar-refractivity contribution is -0.120. The van der Waals surface area contributed by atoms with Gasteiger partial charge in [-0.3, -0.25) is 9.48 Å². The van der Waals surface area contributed by atoms with Crippen molar-refractivity contribution in [3.8, 4) is 21.8 Å². The maximum atomic E-state index is 13.5. The van der Waals surface area contributed by atoms with Crippen LogP contribution in [0.5, 0.6) is 0 Å². The zero-order valence-electron chi connectivity index (χ0n) is 19.1. The summed E-state index contributed by atoms with van der Waals surface area (Å²) in [5, 5.41) is 14.0. The van der Waals surface area contributed by atoms with Gasteiger partial charge in [0.2, 0.25) is 5.91 Å². The minimum atomic E-state index is -0.291. The molecule has 3 aromatic heterocycles. The van der Waals surface area contributed by atoms with Crippen LogP contribution in [0.15, 0.2) is 46.4 Å². The molecule has 0 radical (unpaired) electrons. The monoisotopic (exact) mass is 467 g/mol. The minimum absolute atomic E-state index is 0.148. The summed E-state index contributed by atoms with van der Waals surface area (Å²) >= 11 is 1.45. The summed E-state index contributed by atoms with van der Waals surface area (Å²) in [5.41, 5.74) is 3.82. The van der Waals surface area contributed by atoms with Gasteiger partial charge in [-0.1, -0.05) is 12.1 Å². The Balaban J connectivity index is 1.53. The molecule has 0 spiro atoms. The Hall–Kier alpha value is -3.33. The normalized spacial score (nSPS) is 11.7. The summed E-state index contributed by atoms with van der Waals surface area (Å²) in [6, 6.07) is 8.20. The SMILES string of the molecule is CCc1cc(CNC(=O)Cc2csc(-c3cnn(C(C)(C)C)c3-c3ccc(F)cc3)n2)on1. The fourth-order valence-corrected chi connectivity index (χ4v) is 4.26. The van der Waals surface area contributed by atoms with E-state index in [9.17, 15) is 9.18 Å². The number of benzene rings is 1. The van der Waals surface area contributed by atoms with Crippen LogP contribution in [0.25, 0.3) is 21.8 Å². The van der Waals surface area contributed by atoms with Crippen LogP contribution in [0.4, 0.5) is 4.39 Å². The average Bonchev–Trinajstić information content (AvgIpc) is 3.51. The molecule has 0 fully saturated rings. The van der Waals surface area contributed by atoms with E-state index in [-0.39, 0.29) is 30.2 Å². The number of thiazole rings is 1. The Bertz CT molecular complexity index is 1250. The van der Waals surface area contributed by atoms with E-state index < -0.39 is 0 Å². The lowest BCUT2D eigenvalue weighted by Crippen LogP contribution is -2.24. The number of aromatic nitrogens is 4. The number of hydrogen-bond acceptors (Lipinski definition) is 6. The molecule has 1 amide bonds. The van der Waals surface area contributed by atoms with Gasteiger partial charge in [0, 0.05) is 17.0 Å². The fraction of sp³-hybridized carbons (Fsp3) is 0.333. The molecule has 33 heavy (non-hydrogen) atoms. The predicted molar refractivity (Wildman–Crippen MR) is 125 cm³/mol. The van der Waals surface area contributed by atoms with Crippen LogP contribution in [-0.2, 0) is 29.7 Å². The van der Waals surface area contributed by atoms with Gasteiger partial charge in [-0.15, -0.1) is 11.3 Å². The molecule has 172 valence electrons. The van der Waals surface area contributed by atoms with Crippen LogP contribution in [-0.4, -0.2) is 25.8 Å². The Morgan fingerprint density at radius 1 is 1.21 bits per heavy atom.